The van der Waals surface area contributed by atoms with E-state index in [1.165, 1.54) is 5.56 Å². The van der Waals surface area contributed by atoms with Gasteiger partial charge in [-0.05, 0) is 74.8 Å². The van der Waals surface area contributed by atoms with E-state index in [9.17, 15) is 4.79 Å². The van der Waals surface area contributed by atoms with Crippen LogP contribution < -0.4 is 10.6 Å². The number of hydrogen-bond donors (Lipinski definition) is 2. The van der Waals surface area contributed by atoms with Crippen molar-refractivity contribution in [1.82, 2.24) is 15.1 Å². The summed E-state index contributed by atoms with van der Waals surface area (Å²) in [5.74, 6) is 0.185. The molecule has 2 aromatic carbocycles. The van der Waals surface area contributed by atoms with E-state index in [1.807, 2.05) is 41.1 Å². The molecule has 144 valence electrons. The van der Waals surface area contributed by atoms with E-state index in [2.05, 4.69) is 50.7 Å². The number of aromatic nitrogens is 2. The number of carbonyl (C=O) groups is 1. The highest BCUT2D eigenvalue weighted by molar-refractivity contribution is 9.10. The average Bonchev–Trinajstić information content (AvgIpc) is 3.16. The van der Waals surface area contributed by atoms with Gasteiger partial charge in [-0.3, -0.25) is 4.79 Å². The lowest BCUT2D eigenvalue weighted by atomic mass is 9.91. The molecule has 0 saturated carbocycles. The van der Waals surface area contributed by atoms with Crippen molar-refractivity contribution in [2.75, 3.05) is 18.4 Å². The Labute approximate surface area is 173 Å². The van der Waals surface area contributed by atoms with Crippen molar-refractivity contribution in [1.29, 1.82) is 0 Å². The van der Waals surface area contributed by atoms with Crippen LogP contribution in [0.25, 0.3) is 5.69 Å². The number of aryl methyl sites for hydroxylation is 1. The van der Waals surface area contributed by atoms with Gasteiger partial charge in [-0.1, -0.05) is 28.1 Å². The third-order valence-electron chi connectivity index (χ3n) is 5.13. The normalized spacial score (nSPS) is 14.8. The van der Waals surface area contributed by atoms with Crippen LogP contribution >= 0.6 is 15.9 Å². The summed E-state index contributed by atoms with van der Waals surface area (Å²) in [4.78, 5) is 13.1. The van der Waals surface area contributed by atoms with Gasteiger partial charge < -0.3 is 10.6 Å². The van der Waals surface area contributed by atoms with E-state index in [-0.39, 0.29) is 5.91 Å². The zero-order valence-electron chi connectivity index (χ0n) is 15.8. The minimum absolute atomic E-state index is 0.116. The zero-order valence-corrected chi connectivity index (χ0v) is 17.4. The van der Waals surface area contributed by atoms with Gasteiger partial charge in [-0.2, -0.15) is 5.10 Å². The van der Waals surface area contributed by atoms with E-state index < -0.39 is 0 Å². The summed E-state index contributed by atoms with van der Waals surface area (Å²) in [5.41, 5.74) is 4.59. The Morgan fingerprint density at radius 1 is 1.18 bits per heavy atom. The fraction of sp³-hybridized carbons (Fsp3) is 0.273. The largest absolute Gasteiger partial charge is 0.322 e. The van der Waals surface area contributed by atoms with Crippen molar-refractivity contribution in [2.24, 2.45) is 0 Å². The van der Waals surface area contributed by atoms with E-state index in [1.54, 1.807) is 6.20 Å². The number of halogens is 1. The molecule has 1 aliphatic rings. The lowest BCUT2D eigenvalue weighted by Gasteiger charge is -2.24. The van der Waals surface area contributed by atoms with Crippen molar-refractivity contribution >= 4 is 27.5 Å². The van der Waals surface area contributed by atoms with Crippen LogP contribution in [0.4, 0.5) is 5.69 Å². The maximum atomic E-state index is 13.1. The molecule has 0 atom stereocenters. The number of carbonyl (C=O) groups excluding carboxylic acids is 1. The molecule has 0 aliphatic carbocycles. The molecule has 1 saturated heterocycles. The topological polar surface area (TPSA) is 59.0 Å². The molecule has 28 heavy (non-hydrogen) atoms. The Morgan fingerprint density at radius 3 is 2.64 bits per heavy atom. The van der Waals surface area contributed by atoms with Crippen molar-refractivity contribution in [3.8, 4) is 5.69 Å². The van der Waals surface area contributed by atoms with Gasteiger partial charge in [0.1, 0.15) is 0 Å². The number of anilines is 1. The number of nitrogens with one attached hydrogen (secondary N) is 2. The summed E-state index contributed by atoms with van der Waals surface area (Å²) in [7, 11) is 0. The predicted molar refractivity (Wildman–Crippen MR) is 115 cm³/mol. The highest BCUT2D eigenvalue weighted by Crippen LogP contribution is 2.31. The van der Waals surface area contributed by atoms with Crippen molar-refractivity contribution in [2.45, 2.75) is 25.7 Å². The molecule has 4 rings (SSSR count). The second-order valence-electron chi connectivity index (χ2n) is 7.18. The van der Waals surface area contributed by atoms with Gasteiger partial charge >= 0.3 is 0 Å². The maximum Gasteiger partial charge on any atom is 0.259 e. The van der Waals surface area contributed by atoms with Crippen LogP contribution in [-0.2, 0) is 0 Å². The third-order valence-corrected chi connectivity index (χ3v) is 5.65. The quantitative estimate of drug-likeness (QED) is 0.622. The Balaban J connectivity index is 1.71. The molecule has 5 nitrogen and oxygen atoms in total. The van der Waals surface area contributed by atoms with E-state index in [0.29, 0.717) is 11.5 Å². The average molecular weight is 439 g/mol. The molecule has 3 aromatic rings. The van der Waals surface area contributed by atoms with E-state index in [4.69, 9.17) is 0 Å². The van der Waals surface area contributed by atoms with Crippen LogP contribution in [0.15, 0.2) is 59.2 Å². The summed E-state index contributed by atoms with van der Waals surface area (Å²) in [6.45, 7) is 3.98. The monoisotopic (exact) mass is 438 g/mol. The summed E-state index contributed by atoms with van der Waals surface area (Å²) in [6, 6.07) is 15.8. The third kappa shape index (κ3) is 4.03. The van der Waals surface area contributed by atoms with Gasteiger partial charge in [-0.25, -0.2) is 4.68 Å². The van der Waals surface area contributed by atoms with Gasteiger partial charge in [0.25, 0.3) is 5.91 Å². The first-order valence-corrected chi connectivity index (χ1v) is 10.3. The number of nitrogens with zero attached hydrogens (tertiary/aromatic N) is 2. The molecule has 1 amide bonds. The lowest BCUT2D eigenvalue weighted by molar-refractivity contribution is 0.102. The van der Waals surface area contributed by atoms with Gasteiger partial charge in [-0.15, -0.1) is 0 Å². The maximum absolute atomic E-state index is 13.1. The minimum Gasteiger partial charge on any atom is -0.322 e. The van der Waals surface area contributed by atoms with Crippen LogP contribution in [0.5, 0.6) is 0 Å². The van der Waals surface area contributed by atoms with Crippen LogP contribution in [-0.4, -0.2) is 28.8 Å². The molecule has 2 heterocycles. The van der Waals surface area contributed by atoms with Crippen LogP contribution in [0, 0.1) is 6.92 Å². The molecular formula is C22H23BrN4O. The first kappa shape index (κ1) is 18.9. The summed E-state index contributed by atoms with van der Waals surface area (Å²) in [6.07, 6.45) is 3.69. The molecule has 0 bridgehead atoms. The second kappa shape index (κ2) is 8.29. The Morgan fingerprint density at radius 2 is 1.93 bits per heavy atom. The first-order chi connectivity index (χ1) is 13.6. The minimum atomic E-state index is -0.116. The molecule has 1 aromatic heterocycles. The van der Waals surface area contributed by atoms with Crippen LogP contribution in [0.3, 0.4) is 0 Å². The number of hydrogen-bond acceptors (Lipinski definition) is 3. The Kier molecular flexibility index (Phi) is 5.59. The smallest absolute Gasteiger partial charge is 0.259 e. The number of benzene rings is 2. The highest BCUT2D eigenvalue weighted by atomic mass is 79.9. The SMILES string of the molecule is Cc1cccc(-n2ncc(C(=O)Nc3ccc(Br)cc3)c2C2CCNCC2)c1. The Bertz CT molecular complexity index is 974. The van der Waals surface area contributed by atoms with Gasteiger partial charge in [0.2, 0.25) is 0 Å². The van der Waals surface area contributed by atoms with Crippen LogP contribution in [0.2, 0.25) is 0 Å². The number of amides is 1. The van der Waals surface area contributed by atoms with Crippen molar-refractivity contribution in [3.63, 3.8) is 0 Å². The molecule has 0 spiro atoms. The first-order valence-electron chi connectivity index (χ1n) is 9.54. The van der Waals surface area contributed by atoms with Crippen molar-refractivity contribution in [3.05, 3.63) is 76.0 Å². The lowest BCUT2D eigenvalue weighted by Crippen LogP contribution is -2.29. The molecular weight excluding hydrogens is 416 g/mol. The fourth-order valence-corrected chi connectivity index (χ4v) is 3.98. The van der Waals surface area contributed by atoms with Crippen LogP contribution in [0.1, 0.15) is 40.4 Å². The molecule has 2 N–H and O–H groups in total. The standard InChI is InChI=1S/C22H23BrN4O/c1-15-3-2-4-19(13-15)27-21(16-9-11-24-12-10-16)20(14-25-27)22(28)26-18-7-5-17(23)6-8-18/h2-8,13-14,16,24H,9-12H2,1H3,(H,26,28). The van der Waals surface area contributed by atoms with Gasteiger partial charge in [0, 0.05) is 16.1 Å². The van der Waals surface area contributed by atoms with Gasteiger partial charge in [0.15, 0.2) is 0 Å². The zero-order chi connectivity index (χ0) is 19.5. The summed E-state index contributed by atoms with van der Waals surface area (Å²) in [5, 5.41) is 11.0. The molecule has 1 aliphatic heterocycles. The van der Waals surface area contributed by atoms with Gasteiger partial charge in [0.05, 0.1) is 23.1 Å². The second-order valence-corrected chi connectivity index (χ2v) is 8.10. The highest BCUT2D eigenvalue weighted by Gasteiger charge is 2.27. The number of rotatable bonds is 4. The fourth-order valence-electron chi connectivity index (χ4n) is 3.72. The summed E-state index contributed by atoms with van der Waals surface area (Å²) < 4.78 is 2.92. The van der Waals surface area contributed by atoms with E-state index >= 15 is 0 Å². The van der Waals surface area contributed by atoms with Crippen molar-refractivity contribution < 1.29 is 4.79 Å². The molecule has 6 heteroatoms. The Hall–Kier alpha value is -2.44. The predicted octanol–water partition coefficient (Wildman–Crippen LogP) is 4.66. The number of piperidine rings is 1. The molecule has 1 fully saturated rings. The van der Waals surface area contributed by atoms with E-state index in [0.717, 1.165) is 47.5 Å². The molecule has 0 radical (unpaired) electrons. The summed E-state index contributed by atoms with van der Waals surface area (Å²) >= 11 is 3.42. The molecule has 0 unspecified atom stereocenters.